The highest BCUT2D eigenvalue weighted by Crippen LogP contribution is 2.32. The van der Waals surface area contributed by atoms with E-state index >= 15 is 0 Å². The van der Waals surface area contributed by atoms with Gasteiger partial charge in [-0.05, 0) is 36.9 Å². The number of nitrogens with one attached hydrogen (secondary N) is 1. The van der Waals surface area contributed by atoms with Crippen LogP contribution in [-0.4, -0.2) is 43.2 Å². The van der Waals surface area contributed by atoms with E-state index in [0.29, 0.717) is 18.8 Å². The zero-order valence-corrected chi connectivity index (χ0v) is 15.7. The first-order chi connectivity index (χ1) is 12.4. The lowest BCUT2D eigenvalue weighted by molar-refractivity contribution is 0.331. The van der Waals surface area contributed by atoms with Crippen molar-refractivity contribution in [3.05, 3.63) is 53.8 Å². The third-order valence-electron chi connectivity index (χ3n) is 3.86. The fraction of sp³-hybridized carbons (Fsp3) is 0.235. The molecule has 6 nitrogen and oxygen atoms in total. The smallest absolute Gasteiger partial charge is 0.241 e. The fourth-order valence-electron chi connectivity index (χ4n) is 2.65. The normalized spacial score (nSPS) is 16.2. The molecule has 3 rings (SSSR count). The largest absolute Gasteiger partial charge is 0.301 e. The molecule has 2 aromatic rings. The fourth-order valence-corrected chi connectivity index (χ4v) is 5.26. The molecule has 9 heteroatoms. The highest BCUT2D eigenvalue weighted by Gasteiger charge is 2.26. The molecule has 0 amide bonds. The van der Waals surface area contributed by atoms with Crippen molar-refractivity contribution < 1.29 is 17.0 Å². The van der Waals surface area contributed by atoms with E-state index in [2.05, 4.69) is 9.71 Å². The minimum Gasteiger partial charge on any atom is -0.301 e. The molecule has 0 fully saturated rings. The minimum absolute atomic E-state index is 0.0152. The first kappa shape index (κ1) is 18.8. The number of hydrogen-bond acceptors (Lipinski definition) is 5. The standard InChI is InChI=1S/C17H18FN3O3S2/c1-21(11-13-4-2-5-14(18)10-13)9-8-20-26(23,24)16-7-3-6-15-17(16)25(22)12-19-15/h2-7,10,12,20H,8-9,11H2,1H3. The predicted octanol–water partition coefficient (Wildman–Crippen LogP) is 2.02. The number of rotatable bonds is 7. The van der Waals surface area contributed by atoms with Gasteiger partial charge in [0.2, 0.25) is 10.0 Å². The Morgan fingerprint density at radius 2 is 2.00 bits per heavy atom. The Labute approximate surface area is 154 Å². The number of benzene rings is 2. The lowest BCUT2D eigenvalue weighted by Crippen LogP contribution is -2.33. The molecular formula is C17H18FN3O3S2. The van der Waals surface area contributed by atoms with E-state index in [1.54, 1.807) is 18.2 Å². The van der Waals surface area contributed by atoms with E-state index in [0.717, 1.165) is 5.56 Å². The number of nitrogens with zero attached hydrogens (tertiary/aromatic N) is 2. The predicted molar refractivity (Wildman–Crippen MR) is 98.9 cm³/mol. The first-order valence-corrected chi connectivity index (χ1v) is 10.6. The molecule has 1 N–H and O–H groups in total. The summed E-state index contributed by atoms with van der Waals surface area (Å²) in [6, 6.07) is 10.9. The Bertz CT molecular complexity index is 977. The number of aliphatic imine (C=N–C) groups is 1. The molecule has 1 aliphatic rings. The first-order valence-electron chi connectivity index (χ1n) is 7.87. The molecule has 138 valence electrons. The van der Waals surface area contributed by atoms with Crippen molar-refractivity contribution >= 4 is 32.1 Å². The van der Waals surface area contributed by atoms with Crippen molar-refractivity contribution in [2.24, 2.45) is 4.99 Å². The van der Waals surface area contributed by atoms with Gasteiger partial charge < -0.3 is 4.90 Å². The minimum atomic E-state index is -3.80. The van der Waals surface area contributed by atoms with E-state index in [1.165, 1.54) is 23.7 Å². The summed E-state index contributed by atoms with van der Waals surface area (Å²) in [7, 11) is -3.54. The molecule has 1 unspecified atom stereocenters. The lowest BCUT2D eigenvalue weighted by atomic mass is 10.2. The quantitative estimate of drug-likeness (QED) is 0.778. The van der Waals surface area contributed by atoms with Crippen LogP contribution in [0.25, 0.3) is 0 Å². The van der Waals surface area contributed by atoms with Gasteiger partial charge in [0.25, 0.3) is 0 Å². The molecule has 0 bridgehead atoms. The second-order valence-corrected chi connectivity index (χ2v) is 8.85. The van der Waals surface area contributed by atoms with Crippen LogP contribution in [0.5, 0.6) is 0 Å². The van der Waals surface area contributed by atoms with E-state index in [4.69, 9.17) is 0 Å². The van der Waals surface area contributed by atoms with Crippen LogP contribution in [0, 0.1) is 5.82 Å². The third-order valence-corrected chi connectivity index (χ3v) is 6.62. The van der Waals surface area contributed by atoms with Crippen molar-refractivity contribution in [1.29, 1.82) is 0 Å². The lowest BCUT2D eigenvalue weighted by Gasteiger charge is -2.17. The maximum absolute atomic E-state index is 13.2. The van der Waals surface area contributed by atoms with Crippen LogP contribution in [-0.2, 0) is 27.4 Å². The molecule has 1 atom stereocenters. The van der Waals surface area contributed by atoms with Crippen molar-refractivity contribution in [1.82, 2.24) is 9.62 Å². The van der Waals surface area contributed by atoms with Gasteiger partial charge in [0.1, 0.15) is 10.7 Å². The summed E-state index contributed by atoms with van der Waals surface area (Å²) in [5.41, 5.74) is 2.45. The average molecular weight is 395 g/mol. The molecule has 1 heterocycles. The van der Waals surface area contributed by atoms with Gasteiger partial charge in [-0.25, -0.2) is 26.7 Å². The topological polar surface area (TPSA) is 78.8 Å². The summed E-state index contributed by atoms with van der Waals surface area (Å²) >= 11 is 0. The molecule has 26 heavy (non-hydrogen) atoms. The van der Waals surface area contributed by atoms with Gasteiger partial charge in [0.05, 0.1) is 26.9 Å². The van der Waals surface area contributed by atoms with Crippen LogP contribution >= 0.6 is 0 Å². The maximum Gasteiger partial charge on any atom is 0.241 e. The van der Waals surface area contributed by atoms with Crippen LogP contribution < -0.4 is 4.72 Å². The second kappa shape index (κ2) is 7.75. The van der Waals surface area contributed by atoms with Gasteiger partial charge in [-0.1, -0.05) is 18.2 Å². The van der Waals surface area contributed by atoms with Crippen LogP contribution in [0.15, 0.2) is 57.2 Å². The van der Waals surface area contributed by atoms with Crippen LogP contribution in [0.4, 0.5) is 10.1 Å². The summed E-state index contributed by atoms with van der Waals surface area (Å²) < 4.78 is 52.8. The number of halogens is 1. The molecule has 0 aromatic heterocycles. The molecule has 0 aliphatic carbocycles. The highest BCUT2D eigenvalue weighted by molar-refractivity contribution is 7.99. The van der Waals surface area contributed by atoms with Crippen LogP contribution in [0.3, 0.4) is 0 Å². The van der Waals surface area contributed by atoms with Gasteiger partial charge in [0.15, 0.2) is 0 Å². The SMILES string of the molecule is CN(CCNS(=O)(=O)c1cccc2c1S(=O)C=N2)Cc1cccc(F)c1. The van der Waals surface area contributed by atoms with Gasteiger partial charge >= 0.3 is 0 Å². The van der Waals surface area contributed by atoms with Gasteiger partial charge in [-0.3, -0.25) is 0 Å². The Kier molecular flexibility index (Phi) is 5.61. The number of fused-ring (bicyclic) bond motifs is 1. The average Bonchev–Trinajstić information content (AvgIpc) is 2.96. The Hall–Kier alpha value is -1.94. The summed E-state index contributed by atoms with van der Waals surface area (Å²) in [5, 5.41) is 0. The monoisotopic (exact) mass is 395 g/mol. The molecule has 1 aliphatic heterocycles. The third kappa shape index (κ3) is 4.24. The Morgan fingerprint density at radius 3 is 2.77 bits per heavy atom. The highest BCUT2D eigenvalue weighted by atomic mass is 32.2. The number of hydrogen-bond donors (Lipinski definition) is 1. The van der Waals surface area contributed by atoms with Crippen LogP contribution in [0.2, 0.25) is 0 Å². The van der Waals surface area contributed by atoms with E-state index < -0.39 is 20.8 Å². The van der Waals surface area contributed by atoms with E-state index in [9.17, 15) is 17.0 Å². The zero-order valence-electron chi connectivity index (χ0n) is 14.1. The number of likely N-dealkylation sites (N-methyl/N-ethyl adjacent to an activating group) is 1. The molecule has 0 radical (unpaired) electrons. The van der Waals surface area contributed by atoms with Crippen LogP contribution in [0.1, 0.15) is 5.56 Å². The van der Waals surface area contributed by atoms with Crippen molar-refractivity contribution in [3.8, 4) is 0 Å². The Balaban J connectivity index is 1.61. The number of sulfonamides is 1. The molecule has 0 saturated carbocycles. The molecule has 2 aromatic carbocycles. The molecule has 0 spiro atoms. The van der Waals surface area contributed by atoms with E-state index in [-0.39, 0.29) is 22.2 Å². The Morgan fingerprint density at radius 1 is 1.23 bits per heavy atom. The summed E-state index contributed by atoms with van der Waals surface area (Å²) in [4.78, 5) is 6.04. The molecular weight excluding hydrogens is 377 g/mol. The maximum atomic E-state index is 13.2. The van der Waals surface area contributed by atoms with Crippen molar-refractivity contribution in [2.75, 3.05) is 20.1 Å². The zero-order chi connectivity index (χ0) is 18.7. The van der Waals surface area contributed by atoms with E-state index in [1.807, 2.05) is 18.0 Å². The summed E-state index contributed by atoms with van der Waals surface area (Å²) in [6.07, 6.45) is 0. The van der Waals surface area contributed by atoms with Gasteiger partial charge in [0, 0.05) is 19.6 Å². The van der Waals surface area contributed by atoms with Crippen molar-refractivity contribution in [3.63, 3.8) is 0 Å². The summed E-state index contributed by atoms with van der Waals surface area (Å²) in [5.74, 6) is -0.301. The van der Waals surface area contributed by atoms with Gasteiger partial charge in [-0.2, -0.15) is 0 Å². The second-order valence-electron chi connectivity index (χ2n) is 5.90. The van der Waals surface area contributed by atoms with Gasteiger partial charge in [-0.15, -0.1) is 0 Å². The summed E-state index contributed by atoms with van der Waals surface area (Å²) in [6.45, 7) is 1.10. The molecule has 0 saturated heterocycles. The van der Waals surface area contributed by atoms with Crippen molar-refractivity contribution in [2.45, 2.75) is 16.3 Å².